The normalized spacial score (nSPS) is 13.8. The second kappa shape index (κ2) is 8.47. The lowest BCUT2D eigenvalue weighted by molar-refractivity contribution is 0.0210. The molecule has 0 aliphatic carbocycles. The molecule has 3 aromatic heterocycles. The number of pyridine rings is 2. The highest BCUT2D eigenvalue weighted by molar-refractivity contribution is 5.99. The number of carbonyl (C=O) groups is 1. The van der Waals surface area contributed by atoms with E-state index in [-0.39, 0.29) is 11.9 Å². The minimum Gasteiger partial charge on any atom is -0.377 e. The summed E-state index contributed by atoms with van der Waals surface area (Å²) in [6, 6.07) is 5.74. The molecule has 1 fully saturated rings. The molecule has 9 nitrogen and oxygen atoms in total. The molecule has 154 valence electrons. The van der Waals surface area contributed by atoms with Crippen LogP contribution >= 0.6 is 0 Å². The molecule has 1 aliphatic heterocycles. The van der Waals surface area contributed by atoms with E-state index >= 15 is 0 Å². The zero-order chi connectivity index (χ0) is 21.1. The molecular weight excluding hydrogens is 382 g/mol. The Labute approximate surface area is 174 Å². The van der Waals surface area contributed by atoms with Crippen molar-refractivity contribution in [1.29, 1.82) is 5.26 Å². The van der Waals surface area contributed by atoms with Crippen LogP contribution in [0.3, 0.4) is 0 Å². The Morgan fingerprint density at radius 3 is 2.83 bits per heavy atom. The van der Waals surface area contributed by atoms with E-state index in [1.807, 2.05) is 0 Å². The monoisotopic (exact) mass is 405 g/mol. The quantitative estimate of drug-likeness (QED) is 0.619. The van der Waals surface area contributed by atoms with E-state index in [0.29, 0.717) is 54.0 Å². The minimum absolute atomic E-state index is 0.146. The predicted octanol–water partition coefficient (Wildman–Crippen LogP) is 2.27. The van der Waals surface area contributed by atoms with E-state index in [9.17, 15) is 4.79 Å². The Morgan fingerprint density at radius 2 is 2.13 bits per heavy atom. The number of ether oxygens (including phenoxy) is 1. The molecule has 1 amide bonds. The second-order valence-electron chi connectivity index (χ2n) is 7.71. The smallest absolute Gasteiger partial charge is 0.254 e. The van der Waals surface area contributed by atoms with Crippen molar-refractivity contribution in [2.45, 2.75) is 26.3 Å². The molecule has 30 heavy (non-hydrogen) atoms. The van der Waals surface area contributed by atoms with Gasteiger partial charge in [0.15, 0.2) is 11.5 Å². The molecule has 0 radical (unpaired) electrons. The number of amides is 1. The van der Waals surface area contributed by atoms with Gasteiger partial charge in [-0.1, -0.05) is 13.8 Å². The maximum atomic E-state index is 12.7. The molecule has 0 spiro atoms. The Kier molecular flexibility index (Phi) is 5.59. The van der Waals surface area contributed by atoms with Crippen LogP contribution in [0, 0.1) is 17.2 Å². The average Bonchev–Trinajstić information content (AvgIpc) is 3.13. The summed E-state index contributed by atoms with van der Waals surface area (Å²) in [6.45, 7) is 6.03. The first-order valence-electron chi connectivity index (χ1n) is 9.92. The van der Waals surface area contributed by atoms with Crippen molar-refractivity contribution in [3.63, 3.8) is 0 Å². The SMILES string of the molecule is CC(C)CCNC(=O)c1cnc(-n2ncc3cc(C#N)cnc32)cc1NC1COC1. The summed E-state index contributed by atoms with van der Waals surface area (Å²) in [4.78, 5) is 21.5. The maximum Gasteiger partial charge on any atom is 0.254 e. The largest absolute Gasteiger partial charge is 0.377 e. The van der Waals surface area contributed by atoms with Gasteiger partial charge in [0.25, 0.3) is 5.91 Å². The molecule has 1 aliphatic rings. The van der Waals surface area contributed by atoms with Crippen LogP contribution in [0.4, 0.5) is 5.69 Å². The summed E-state index contributed by atoms with van der Waals surface area (Å²) >= 11 is 0. The molecule has 9 heteroatoms. The van der Waals surface area contributed by atoms with Crippen molar-refractivity contribution in [1.82, 2.24) is 25.1 Å². The average molecular weight is 405 g/mol. The molecule has 1 saturated heterocycles. The maximum absolute atomic E-state index is 12.7. The van der Waals surface area contributed by atoms with E-state index in [1.54, 1.807) is 29.2 Å². The third kappa shape index (κ3) is 4.09. The highest BCUT2D eigenvalue weighted by Gasteiger charge is 2.22. The topological polar surface area (TPSA) is 118 Å². The van der Waals surface area contributed by atoms with Crippen LogP contribution in [0.2, 0.25) is 0 Å². The number of carbonyl (C=O) groups excluding carboxylic acids is 1. The molecule has 4 rings (SSSR count). The first-order chi connectivity index (χ1) is 14.5. The van der Waals surface area contributed by atoms with E-state index in [4.69, 9.17) is 10.00 Å². The van der Waals surface area contributed by atoms with E-state index < -0.39 is 0 Å². The Hall–Kier alpha value is -3.51. The van der Waals surface area contributed by atoms with Crippen molar-refractivity contribution >= 4 is 22.6 Å². The minimum atomic E-state index is -0.167. The number of hydrogen-bond donors (Lipinski definition) is 2. The van der Waals surface area contributed by atoms with Crippen molar-refractivity contribution in [2.75, 3.05) is 25.1 Å². The van der Waals surface area contributed by atoms with Gasteiger partial charge in [-0.05, 0) is 18.4 Å². The molecule has 0 unspecified atom stereocenters. The molecule has 0 aromatic carbocycles. The predicted molar refractivity (Wildman–Crippen MR) is 111 cm³/mol. The third-order valence-corrected chi connectivity index (χ3v) is 4.89. The van der Waals surface area contributed by atoms with Crippen molar-refractivity contribution in [3.8, 4) is 11.9 Å². The van der Waals surface area contributed by atoms with Gasteiger partial charge < -0.3 is 15.4 Å². The van der Waals surface area contributed by atoms with Gasteiger partial charge >= 0.3 is 0 Å². The Bertz CT molecular complexity index is 1110. The first kappa shape index (κ1) is 19.8. The van der Waals surface area contributed by atoms with Crippen molar-refractivity contribution < 1.29 is 9.53 Å². The van der Waals surface area contributed by atoms with E-state index in [0.717, 1.165) is 11.8 Å². The summed E-state index contributed by atoms with van der Waals surface area (Å²) < 4.78 is 6.84. The number of anilines is 1. The molecule has 2 N–H and O–H groups in total. The lowest BCUT2D eigenvalue weighted by atomic mass is 10.1. The third-order valence-electron chi connectivity index (χ3n) is 4.89. The summed E-state index contributed by atoms with van der Waals surface area (Å²) in [5.74, 6) is 0.876. The molecule has 0 atom stereocenters. The number of rotatable bonds is 7. The highest BCUT2D eigenvalue weighted by Crippen LogP contribution is 2.23. The van der Waals surface area contributed by atoms with Crippen LogP contribution in [0.1, 0.15) is 36.2 Å². The van der Waals surface area contributed by atoms with Gasteiger partial charge in [0.05, 0.1) is 42.3 Å². The number of aromatic nitrogens is 4. The second-order valence-corrected chi connectivity index (χ2v) is 7.71. The van der Waals surface area contributed by atoms with E-state index in [1.165, 1.54) is 6.20 Å². The fourth-order valence-electron chi connectivity index (χ4n) is 3.12. The molecule has 3 aromatic rings. The number of hydrogen-bond acceptors (Lipinski definition) is 7. The van der Waals surface area contributed by atoms with Crippen LogP contribution in [0.5, 0.6) is 0 Å². The van der Waals surface area contributed by atoms with Gasteiger partial charge in [-0.3, -0.25) is 4.79 Å². The fraction of sp³-hybridized carbons (Fsp3) is 0.381. The molecule has 0 saturated carbocycles. The van der Waals surface area contributed by atoms with Gasteiger partial charge in [-0.15, -0.1) is 0 Å². The fourth-order valence-corrected chi connectivity index (χ4v) is 3.12. The van der Waals surface area contributed by atoms with Gasteiger partial charge in [-0.25, -0.2) is 9.97 Å². The Morgan fingerprint density at radius 1 is 1.30 bits per heavy atom. The lowest BCUT2D eigenvalue weighted by Crippen LogP contribution is -2.41. The number of fused-ring (bicyclic) bond motifs is 1. The van der Waals surface area contributed by atoms with Crippen LogP contribution in [-0.2, 0) is 4.74 Å². The van der Waals surface area contributed by atoms with Crippen LogP contribution < -0.4 is 10.6 Å². The van der Waals surface area contributed by atoms with Crippen molar-refractivity contribution in [3.05, 3.63) is 41.9 Å². The molecular formula is C21H23N7O2. The van der Waals surface area contributed by atoms with Gasteiger partial charge in [0.1, 0.15) is 6.07 Å². The number of nitriles is 1. The van der Waals surface area contributed by atoms with Crippen LogP contribution in [0.25, 0.3) is 16.9 Å². The molecule has 4 heterocycles. The standard InChI is InChI=1S/C21H23N7O2/c1-13(2)3-4-23-21(29)17-10-24-19(6-18(17)27-16-11-30-12-16)28-20-15(9-26-28)5-14(7-22)8-25-20/h5-6,8-10,13,16H,3-4,11-12H2,1-2H3,(H,23,29)(H,24,27). The zero-order valence-corrected chi connectivity index (χ0v) is 16.9. The summed E-state index contributed by atoms with van der Waals surface area (Å²) in [5, 5.41) is 20.5. The number of nitrogens with zero attached hydrogens (tertiary/aromatic N) is 5. The van der Waals surface area contributed by atoms with Crippen molar-refractivity contribution in [2.24, 2.45) is 5.92 Å². The number of nitrogens with one attached hydrogen (secondary N) is 2. The molecule has 0 bridgehead atoms. The highest BCUT2D eigenvalue weighted by atomic mass is 16.5. The first-order valence-corrected chi connectivity index (χ1v) is 9.92. The van der Waals surface area contributed by atoms with Gasteiger partial charge in [0, 0.05) is 30.4 Å². The van der Waals surface area contributed by atoms with Crippen LogP contribution in [0.15, 0.2) is 30.7 Å². The summed E-state index contributed by atoms with van der Waals surface area (Å²) in [6.07, 6.45) is 5.61. The van der Waals surface area contributed by atoms with Crippen LogP contribution in [-0.4, -0.2) is 51.5 Å². The zero-order valence-electron chi connectivity index (χ0n) is 16.9. The summed E-state index contributed by atoms with van der Waals surface area (Å²) in [5.41, 5.74) is 2.21. The lowest BCUT2D eigenvalue weighted by Gasteiger charge is -2.28. The van der Waals surface area contributed by atoms with Gasteiger partial charge in [0.2, 0.25) is 0 Å². The Balaban J connectivity index is 1.66. The van der Waals surface area contributed by atoms with E-state index in [2.05, 4.69) is 45.6 Å². The van der Waals surface area contributed by atoms with Gasteiger partial charge in [-0.2, -0.15) is 15.0 Å². The summed E-state index contributed by atoms with van der Waals surface area (Å²) in [7, 11) is 0.